The average molecular weight is 262 g/mol. The van der Waals surface area contributed by atoms with Gasteiger partial charge in [-0.05, 0) is 37.1 Å². The summed E-state index contributed by atoms with van der Waals surface area (Å²) >= 11 is 0. The average Bonchev–Trinajstić information content (AvgIpc) is 2.90. The van der Waals surface area contributed by atoms with Crippen LogP contribution in [0.2, 0.25) is 0 Å². The van der Waals surface area contributed by atoms with Crippen molar-refractivity contribution in [3.05, 3.63) is 36.0 Å². The van der Waals surface area contributed by atoms with Crippen molar-refractivity contribution in [1.82, 2.24) is 15.1 Å². The van der Waals surface area contributed by atoms with Crippen LogP contribution in [-0.4, -0.2) is 28.2 Å². The van der Waals surface area contributed by atoms with Gasteiger partial charge in [0.15, 0.2) is 0 Å². The maximum Gasteiger partial charge on any atom is 0.230 e. The first-order valence-electron chi connectivity index (χ1n) is 6.31. The molecule has 0 amide bonds. The standard InChI is InChI=1S/C13H15FN4O/c14-11-3-1-9(2-4-11)12-16-13(19-17-12)10-5-7-18(15)8-6-10/h1-4,10H,5-8,15H2. The molecule has 1 fully saturated rings. The lowest BCUT2D eigenvalue weighted by Gasteiger charge is -2.25. The second-order valence-electron chi connectivity index (χ2n) is 4.77. The Balaban J connectivity index is 1.77. The van der Waals surface area contributed by atoms with Gasteiger partial charge >= 0.3 is 0 Å². The second-order valence-corrected chi connectivity index (χ2v) is 4.77. The van der Waals surface area contributed by atoms with Gasteiger partial charge in [-0.25, -0.2) is 9.40 Å². The van der Waals surface area contributed by atoms with Gasteiger partial charge in [0.05, 0.1) is 0 Å². The quantitative estimate of drug-likeness (QED) is 0.837. The number of hydrazine groups is 1. The number of rotatable bonds is 2. The molecule has 3 rings (SSSR count). The number of benzene rings is 1. The molecule has 0 spiro atoms. The van der Waals surface area contributed by atoms with Gasteiger partial charge in [-0.15, -0.1) is 0 Å². The zero-order chi connectivity index (χ0) is 13.2. The number of aromatic nitrogens is 2. The summed E-state index contributed by atoms with van der Waals surface area (Å²) < 4.78 is 18.2. The van der Waals surface area contributed by atoms with Crippen molar-refractivity contribution in [2.75, 3.05) is 13.1 Å². The molecule has 1 aromatic heterocycles. The molecule has 2 aromatic rings. The third-order valence-corrected chi connectivity index (χ3v) is 3.42. The Kier molecular flexibility index (Phi) is 3.27. The van der Waals surface area contributed by atoms with Gasteiger partial charge in [0.1, 0.15) is 5.82 Å². The van der Waals surface area contributed by atoms with Crippen LogP contribution in [-0.2, 0) is 0 Å². The Bertz CT molecular complexity index is 546. The minimum Gasteiger partial charge on any atom is -0.339 e. The zero-order valence-corrected chi connectivity index (χ0v) is 10.4. The van der Waals surface area contributed by atoms with E-state index >= 15 is 0 Å². The smallest absolute Gasteiger partial charge is 0.230 e. The summed E-state index contributed by atoms with van der Waals surface area (Å²) in [7, 11) is 0. The van der Waals surface area contributed by atoms with E-state index in [9.17, 15) is 4.39 Å². The second kappa shape index (κ2) is 5.07. The fraction of sp³-hybridized carbons (Fsp3) is 0.385. The maximum atomic E-state index is 12.9. The third kappa shape index (κ3) is 2.64. The summed E-state index contributed by atoms with van der Waals surface area (Å²) in [4.78, 5) is 4.40. The van der Waals surface area contributed by atoms with Gasteiger partial charge in [-0.2, -0.15) is 4.98 Å². The molecule has 1 aliphatic heterocycles. The van der Waals surface area contributed by atoms with Crippen LogP contribution in [0.5, 0.6) is 0 Å². The Morgan fingerprint density at radius 2 is 1.89 bits per heavy atom. The van der Waals surface area contributed by atoms with Crippen LogP contribution in [0.1, 0.15) is 24.7 Å². The Morgan fingerprint density at radius 1 is 1.21 bits per heavy atom. The van der Waals surface area contributed by atoms with Crippen molar-refractivity contribution in [2.24, 2.45) is 5.84 Å². The maximum absolute atomic E-state index is 12.9. The highest BCUT2D eigenvalue weighted by Crippen LogP contribution is 2.27. The molecule has 0 bridgehead atoms. The topological polar surface area (TPSA) is 68.2 Å². The van der Waals surface area contributed by atoms with Gasteiger partial charge in [0, 0.05) is 24.6 Å². The monoisotopic (exact) mass is 262 g/mol. The fourth-order valence-electron chi connectivity index (χ4n) is 2.26. The number of piperidine rings is 1. The van der Waals surface area contributed by atoms with Crippen LogP contribution in [0.4, 0.5) is 4.39 Å². The predicted octanol–water partition coefficient (Wildman–Crippen LogP) is 1.93. The first-order valence-corrected chi connectivity index (χ1v) is 6.31. The fourth-order valence-corrected chi connectivity index (χ4v) is 2.26. The van der Waals surface area contributed by atoms with Crippen LogP contribution < -0.4 is 5.84 Å². The molecular weight excluding hydrogens is 247 g/mol. The van der Waals surface area contributed by atoms with Crippen molar-refractivity contribution < 1.29 is 8.91 Å². The molecule has 0 unspecified atom stereocenters. The van der Waals surface area contributed by atoms with E-state index in [1.54, 1.807) is 17.1 Å². The molecule has 1 aromatic carbocycles. The molecule has 0 aliphatic carbocycles. The molecule has 2 N–H and O–H groups in total. The minimum atomic E-state index is -0.275. The molecule has 1 aliphatic rings. The summed E-state index contributed by atoms with van der Waals surface area (Å²) in [6.07, 6.45) is 1.84. The first-order chi connectivity index (χ1) is 9.22. The van der Waals surface area contributed by atoms with Gasteiger partial charge < -0.3 is 4.52 Å². The van der Waals surface area contributed by atoms with Crippen LogP contribution >= 0.6 is 0 Å². The minimum absolute atomic E-state index is 0.265. The Hall–Kier alpha value is -1.79. The number of halogens is 1. The lowest BCUT2D eigenvalue weighted by Crippen LogP contribution is -2.38. The molecular formula is C13H15FN4O. The summed E-state index contributed by atoms with van der Waals surface area (Å²) in [6, 6.07) is 6.06. The van der Waals surface area contributed by atoms with Crippen molar-refractivity contribution in [3.63, 3.8) is 0 Å². The lowest BCUT2D eigenvalue weighted by atomic mass is 9.98. The van der Waals surface area contributed by atoms with E-state index in [-0.39, 0.29) is 11.7 Å². The van der Waals surface area contributed by atoms with Crippen molar-refractivity contribution in [2.45, 2.75) is 18.8 Å². The highest BCUT2D eigenvalue weighted by atomic mass is 19.1. The van der Waals surface area contributed by atoms with Crippen LogP contribution in [0.25, 0.3) is 11.4 Å². The van der Waals surface area contributed by atoms with Crippen LogP contribution in [0.3, 0.4) is 0 Å². The van der Waals surface area contributed by atoms with Crippen molar-refractivity contribution >= 4 is 0 Å². The van der Waals surface area contributed by atoms with E-state index in [4.69, 9.17) is 10.4 Å². The van der Waals surface area contributed by atoms with E-state index in [2.05, 4.69) is 10.1 Å². The van der Waals surface area contributed by atoms with Crippen molar-refractivity contribution in [3.8, 4) is 11.4 Å². The molecule has 0 radical (unpaired) electrons. The van der Waals surface area contributed by atoms with Crippen LogP contribution in [0, 0.1) is 5.82 Å². The van der Waals surface area contributed by atoms with Crippen LogP contribution in [0.15, 0.2) is 28.8 Å². The summed E-state index contributed by atoms with van der Waals surface area (Å²) in [5.41, 5.74) is 0.757. The Labute approximate surface area is 110 Å². The number of nitrogens with zero attached hydrogens (tertiary/aromatic N) is 3. The predicted molar refractivity (Wildman–Crippen MR) is 67.4 cm³/mol. The normalized spacial score (nSPS) is 17.8. The lowest BCUT2D eigenvalue weighted by molar-refractivity contribution is 0.198. The summed E-state index contributed by atoms with van der Waals surface area (Å²) in [5.74, 6) is 6.86. The molecule has 100 valence electrons. The van der Waals surface area contributed by atoms with Gasteiger partial charge in [-0.3, -0.25) is 5.84 Å². The molecule has 6 heteroatoms. The van der Waals surface area contributed by atoms with Gasteiger partial charge in [0.2, 0.25) is 11.7 Å². The zero-order valence-electron chi connectivity index (χ0n) is 10.4. The molecule has 19 heavy (non-hydrogen) atoms. The van der Waals surface area contributed by atoms with Gasteiger partial charge in [-0.1, -0.05) is 5.16 Å². The SMILES string of the molecule is NN1CCC(c2nc(-c3ccc(F)cc3)no2)CC1. The van der Waals surface area contributed by atoms with E-state index < -0.39 is 0 Å². The Morgan fingerprint density at radius 3 is 2.58 bits per heavy atom. The summed E-state index contributed by atoms with van der Waals surface area (Å²) in [6.45, 7) is 1.66. The van der Waals surface area contributed by atoms with E-state index in [1.807, 2.05) is 0 Å². The first kappa shape index (κ1) is 12.3. The van der Waals surface area contributed by atoms with Gasteiger partial charge in [0.25, 0.3) is 0 Å². The van der Waals surface area contributed by atoms with Crippen molar-refractivity contribution in [1.29, 1.82) is 0 Å². The molecule has 0 saturated carbocycles. The number of hydrogen-bond donors (Lipinski definition) is 1. The van der Waals surface area contributed by atoms with E-state index in [0.29, 0.717) is 11.7 Å². The summed E-state index contributed by atoms with van der Waals surface area (Å²) in [5, 5.41) is 5.76. The van der Waals surface area contributed by atoms with E-state index in [1.165, 1.54) is 12.1 Å². The highest BCUT2D eigenvalue weighted by molar-refractivity contribution is 5.53. The highest BCUT2D eigenvalue weighted by Gasteiger charge is 2.24. The largest absolute Gasteiger partial charge is 0.339 e. The molecule has 1 saturated heterocycles. The molecule has 0 atom stereocenters. The molecule has 5 nitrogen and oxygen atoms in total. The van der Waals surface area contributed by atoms with E-state index in [0.717, 1.165) is 31.5 Å². The number of hydrogen-bond acceptors (Lipinski definition) is 5. The third-order valence-electron chi connectivity index (χ3n) is 3.42. The molecule has 2 heterocycles. The number of nitrogens with two attached hydrogens (primary N) is 1.